The lowest BCUT2D eigenvalue weighted by atomic mass is 9.94. The number of carboxylic acids is 2. The van der Waals surface area contributed by atoms with Crippen LogP contribution < -0.4 is 9.47 Å². The summed E-state index contributed by atoms with van der Waals surface area (Å²) in [5.41, 5.74) is 0.737. The average Bonchev–Trinajstić information content (AvgIpc) is 2.98. The van der Waals surface area contributed by atoms with Crippen molar-refractivity contribution in [2.45, 2.75) is 32.3 Å². The van der Waals surface area contributed by atoms with Crippen molar-refractivity contribution in [3.8, 4) is 34.1 Å². The topological polar surface area (TPSA) is 123 Å². The zero-order chi connectivity index (χ0) is 30.3. The molecule has 42 heavy (non-hydrogen) atoms. The van der Waals surface area contributed by atoms with Gasteiger partial charge >= 0.3 is 11.9 Å². The number of rotatable bonds is 13. The quantitative estimate of drug-likeness (QED) is 0.145. The van der Waals surface area contributed by atoms with Gasteiger partial charge in [-0.1, -0.05) is 37.3 Å². The molecule has 9 heteroatoms. The van der Waals surface area contributed by atoms with Crippen LogP contribution in [0.15, 0.2) is 84.9 Å². The minimum absolute atomic E-state index is 0.00211. The van der Waals surface area contributed by atoms with E-state index in [0.717, 1.165) is 5.56 Å². The van der Waals surface area contributed by atoms with Crippen molar-refractivity contribution in [2.24, 2.45) is 0 Å². The van der Waals surface area contributed by atoms with Gasteiger partial charge in [0.15, 0.2) is 5.60 Å². The number of ether oxygens (including phenoxy) is 3. The molecule has 4 aromatic rings. The third kappa shape index (κ3) is 6.87. The molecule has 1 atom stereocenters. The van der Waals surface area contributed by atoms with E-state index in [1.807, 2.05) is 13.0 Å². The number of carbonyl (C=O) groups is 2. The van der Waals surface area contributed by atoms with Gasteiger partial charge in [0.2, 0.25) is 0 Å². The lowest BCUT2D eigenvalue weighted by molar-refractivity contribution is -0.165. The number of carboxylic acid groups (broad SMARTS) is 2. The number of benzene rings is 4. The van der Waals surface area contributed by atoms with Crippen LogP contribution in [0.25, 0.3) is 11.1 Å². The Balaban J connectivity index is 1.42. The van der Waals surface area contributed by atoms with Crippen LogP contribution in [0.2, 0.25) is 0 Å². The van der Waals surface area contributed by atoms with Crippen LogP contribution in [-0.4, -0.2) is 40.5 Å². The molecule has 0 radical (unpaired) electrons. The third-order valence-electron chi connectivity index (χ3n) is 6.79. The SMILES string of the molecule is CCc1cc(-c2ccc(F)cc2)c(O)cc1OCCCOC(C)(C(=O)O)c1ccccc1Oc1ccc(C(=O)O)cc1. The van der Waals surface area contributed by atoms with E-state index in [9.17, 15) is 24.2 Å². The number of hydrogen-bond acceptors (Lipinski definition) is 6. The Morgan fingerprint density at radius 2 is 1.57 bits per heavy atom. The van der Waals surface area contributed by atoms with Gasteiger partial charge in [-0.05, 0) is 73.0 Å². The summed E-state index contributed by atoms with van der Waals surface area (Å²) < 4.78 is 31.0. The van der Waals surface area contributed by atoms with Gasteiger partial charge in [0.25, 0.3) is 0 Å². The lowest BCUT2D eigenvalue weighted by Crippen LogP contribution is -2.36. The minimum Gasteiger partial charge on any atom is -0.507 e. The van der Waals surface area contributed by atoms with Crippen molar-refractivity contribution in [3.05, 3.63) is 107 Å². The summed E-state index contributed by atoms with van der Waals surface area (Å²) in [5, 5.41) is 29.8. The molecule has 0 saturated carbocycles. The first-order valence-corrected chi connectivity index (χ1v) is 13.3. The number of aromatic hydroxyl groups is 1. The highest BCUT2D eigenvalue weighted by atomic mass is 19.1. The van der Waals surface area contributed by atoms with Crippen molar-refractivity contribution in [1.29, 1.82) is 0 Å². The number of hydrogen-bond donors (Lipinski definition) is 3. The van der Waals surface area contributed by atoms with Crippen LogP contribution in [0, 0.1) is 5.82 Å². The Hall–Kier alpha value is -4.89. The Morgan fingerprint density at radius 3 is 2.21 bits per heavy atom. The summed E-state index contributed by atoms with van der Waals surface area (Å²) in [5.74, 6) is -1.55. The Labute approximate surface area is 242 Å². The van der Waals surface area contributed by atoms with Crippen molar-refractivity contribution >= 4 is 11.9 Å². The van der Waals surface area contributed by atoms with Gasteiger partial charge in [-0.15, -0.1) is 0 Å². The van der Waals surface area contributed by atoms with Crippen LogP contribution in [0.3, 0.4) is 0 Å². The van der Waals surface area contributed by atoms with Crippen LogP contribution in [0.5, 0.6) is 23.0 Å². The maximum absolute atomic E-state index is 13.3. The van der Waals surface area contributed by atoms with Crippen LogP contribution in [0.1, 0.15) is 41.8 Å². The fourth-order valence-corrected chi connectivity index (χ4v) is 4.40. The fourth-order valence-electron chi connectivity index (χ4n) is 4.40. The molecule has 0 aliphatic heterocycles. The summed E-state index contributed by atoms with van der Waals surface area (Å²) in [6.45, 7) is 3.64. The van der Waals surface area contributed by atoms with Crippen LogP contribution in [-0.2, 0) is 21.6 Å². The molecule has 0 saturated heterocycles. The largest absolute Gasteiger partial charge is 0.507 e. The van der Waals surface area contributed by atoms with E-state index in [0.29, 0.717) is 35.5 Å². The van der Waals surface area contributed by atoms with Gasteiger partial charge in [0, 0.05) is 23.6 Å². The van der Waals surface area contributed by atoms with Crippen molar-refractivity contribution < 1.29 is 43.5 Å². The second-order valence-electron chi connectivity index (χ2n) is 9.65. The van der Waals surface area contributed by atoms with E-state index >= 15 is 0 Å². The lowest BCUT2D eigenvalue weighted by Gasteiger charge is -2.28. The van der Waals surface area contributed by atoms with Crippen molar-refractivity contribution in [3.63, 3.8) is 0 Å². The van der Waals surface area contributed by atoms with Crippen molar-refractivity contribution in [1.82, 2.24) is 0 Å². The van der Waals surface area contributed by atoms with E-state index in [1.165, 1.54) is 49.4 Å². The molecule has 1 unspecified atom stereocenters. The number of aryl methyl sites for hydroxylation is 1. The first kappa shape index (κ1) is 30.1. The van der Waals surface area contributed by atoms with Crippen molar-refractivity contribution in [2.75, 3.05) is 13.2 Å². The smallest absolute Gasteiger partial charge is 0.340 e. The molecule has 0 aliphatic rings. The zero-order valence-corrected chi connectivity index (χ0v) is 23.2. The average molecular weight is 575 g/mol. The van der Waals surface area contributed by atoms with Gasteiger partial charge in [-0.25, -0.2) is 14.0 Å². The molecular weight excluding hydrogens is 543 g/mol. The van der Waals surface area contributed by atoms with E-state index < -0.39 is 17.5 Å². The highest BCUT2D eigenvalue weighted by molar-refractivity contribution is 5.87. The summed E-state index contributed by atoms with van der Waals surface area (Å²) >= 11 is 0. The second kappa shape index (κ2) is 13.2. The molecule has 4 aromatic carbocycles. The number of aliphatic carboxylic acids is 1. The zero-order valence-electron chi connectivity index (χ0n) is 23.2. The Kier molecular flexibility index (Phi) is 9.44. The van der Waals surface area contributed by atoms with E-state index in [4.69, 9.17) is 19.3 Å². The predicted octanol–water partition coefficient (Wildman–Crippen LogP) is 7.04. The van der Waals surface area contributed by atoms with Gasteiger partial charge in [-0.3, -0.25) is 0 Å². The molecule has 0 aliphatic carbocycles. The first-order valence-electron chi connectivity index (χ1n) is 13.3. The maximum atomic E-state index is 13.3. The normalized spacial score (nSPS) is 12.4. The Morgan fingerprint density at radius 1 is 0.881 bits per heavy atom. The number of halogens is 1. The van der Waals surface area contributed by atoms with Crippen LogP contribution in [0.4, 0.5) is 4.39 Å². The molecule has 0 bridgehead atoms. The molecule has 0 heterocycles. The molecule has 0 aromatic heterocycles. The molecular formula is C33H31FO8. The minimum atomic E-state index is -1.75. The van der Waals surface area contributed by atoms with E-state index in [1.54, 1.807) is 36.4 Å². The van der Waals surface area contributed by atoms with E-state index in [2.05, 4.69) is 0 Å². The Bertz CT molecular complexity index is 1550. The summed E-state index contributed by atoms with van der Waals surface area (Å²) in [7, 11) is 0. The monoisotopic (exact) mass is 574 g/mol. The summed E-state index contributed by atoms with van der Waals surface area (Å²) in [6.07, 6.45) is 0.986. The molecule has 0 fully saturated rings. The molecule has 0 amide bonds. The van der Waals surface area contributed by atoms with Crippen LogP contribution >= 0.6 is 0 Å². The van der Waals surface area contributed by atoms with E-state index in [-0.39, 0.29) is 41.7 Å². The number of aromatic carboxylic acids is 1. The summed E-state index contributed by atoms with van der Waals surface area (Å²) in [6, 6.07) is 21.6. The third-order valence-corrected chi connectivity index (χ3v) is 6.79. The van der Waals surface area contributed by atoms with Gasteiger partial charge in [-0.2, -0.15) is 0 Å². The number of phenols is 1. The van der Waals surface area contributed by atoms with Gasteiger partial charge in [0.05, 0.1) is 18.8 Å². The molecule has 4 rings (SSSR count). The van der Waals surface area contributed by atoms with Gasteiger partial charge < -0.3 is 29.5 Å². The molecule has 0 spiro atoms. The molecule has 218 valence electrons. The second-order valence-corrected chi connectivity index (χ2v) is 9.65. The number of para-hydroxylation sites is 1. The predicted molar refractivity (Wildman–Crippen MR) is 154 cm³/mol. The summed E-state index contributed by atoms with van der Waals surface area (Å²) in [4.78, 5) is 23.5. The first-order chi connectivity index (χ1) is 20.1. The van der Waals surface area contributed by atoms with Gasteiger partial charge in [0.1, 0.15) is 28.8 Å². The standard InChI is InChI=1S/C33H31FO8/c1-3-21-19-26(22-9-13-24(34)14-10-22)28(35)20-30(21)40-17-6-18-41-33(2,32(38)39)27-7-4-5-8-29(27)42-25-15-11-23(12-16-25)31(36)37/h4-5,7-16,19-20,35H,3,6,17-18H2,1-2H3,(H,36,37)(H,38,39). The highest BCUT2D eigenvalue weighted by Gasteiger charge is 2.39. The highest BCUT2D eigenvalue weighted by Crippen LogP contribution is 2.37. The molecule has 3 N–H and O–H groups in total. The molecule has 8 nitrogen and oxygen atoms in total. The maximum Gasteiger partial charge on any atom is 0.340 e. The fraction of sp³-hybridized carbons (Fsp3) is 0.212. The number of phenolic OH excluding ortho intramolecular Hbond substituents is 1.